The molecule has 0 spiro atoms. The Bertz CT molecular complexity index is 1180. The number of furan rings is 1. The highest BCUT2D eigenvalue weighted by atomic mass is 32.1. The second kappa shape index (κ2) is 9.31. The number of thiazole rings is 1. The summed E-state index contributed by atoms with van der Waals surface area (Å²) in [7, 11) is 1.49. The number of carbonyl (C=O) groups excluding carboxylic acids is 1. The van der Waals surface area contributed by atoms with E-state index in [1.54, 1.807) is 19.1 Å². The smallest absolute Gasteiger partial charge is 0.330 e. The van der Waals surface area contributed by atoms with Crippen molar-refractivity contribution < 1.29 is 13.9 Å². The van der Waals surface area contributed by atoms with Crippen LogP contribution in [0.4, 0.5) is 11.5 Å². The van der Waals surface area contributed by atoms with Gasteiger partial charge in [-0.05, 0) is 25.0 Å². The van der Waals surface area contributed by atoms with Crippen molar-refractivity contribution in [3.8, 4) is 10.8 Å². The van der Waals surface area contributed by atoms with E-state index < -0.39 is 17.2 Å². The maximum absolute atomic E-state index is 13.5. The number of nitrogen functional groups attached to an aromatic ring is 1. The van der Waals surface area contributed by atoms with Crippen molar-refractivity contribution in [3.05, 3.63) is 49.8 Å². The first kappa shape index (κ1) is 22.5. The number of aromatic amines is 1. The van der Waals surface area contributed by atoms with Crippen LogP contribution in [0.25, 0.3) is 10.8 Å². The number of amides is 1. The minimum absolute atomic E-state index is 0.0511. The minimum atomic E-state index is -0.744. The van der Waals surface area contributed by atoms with Gasteiger partial charge in [0.1, 0.15) is 11.5 Å². The van der Waals surface area contributed by atoms with Gasteiger partial charge in [0.15, 0.2) is 16.5 Å². The van der Waals surface area contributed by atoms with Crippen LogP contribution in [0, 0.1) is 12.8 Å². The fraction of sp³-hybridized carbons (Fsp3) is 0.400. The number of nitrogens with one attached hydrogen (secondary N) is 1. The zero-order valence-corrected chi connectivity index (χ0v) is 18.6. The Hall–Kier alpha value is -3.18. The molecule has 0 saturated carbocycles. The molecule has 10 nitrogen and oxygen atoms in total. The van der Waals surface area contributed by atoms with Crippen LogP contribution in [0.2, 0.25) is 0 Å². The molecule has 3 aromatic heterocycles. The average Bonchev–Trinajstić information content (AvgIpc) is 3.36. The molecule has 3 rings (SSSR count). The van der Waals surface area contributed by atoms with E-state index in [0.29, 0.717) is 22.2 Å². The molecule has 0 radical (unpaired) electrons. The number of nitrogens with zero attached hydrogens (tertiary/aromatic N) is 3. The lowest BCUT2D eigenvalue weighted by atomic mass is 10.2. The van der Waals surface area contributed by atoms with Crippen LogP contribution in [0.1, 0.15) is 29.2 Å². The maximum Gasteiger partial charge on any atom is 0.330 e. The first-order chi connectivity index (χ1) is 14.7. The summed E-state index contributed by atoms with van der Waals surface area (Å²) >= 11 is 1.30. The molecule has 0 aliphatic carbocycles. The number of aryl methyl sites for hydroxylation is 1. The Morgan fingerprint density at radius 2 is 2.16 bits per heavy atom. The largest absolute Gasteiger partial charge is 0.462 e. The molecule has 3 heterocycles. The molecule has 0 bridgehead atoms. The third-order valence-corrected chi connectivity index (χ3v) is 5.51. The van der Waals surface area contributed by atoms with Crippen molar-refractivity contribution in [2.45, 2.75) is 27.3 Å². The molecule has 3 aromatic rings. The van der Waals surface area contributed by atoms with Crippen LogP contribution in [0.15, 0.2) is 32.4 Å². The molecule has 0 saturated heterocycles. The maximum atomic E-state index is 13.5. The molecule has 0 unspecified atom stereocenters. The highest BCUT2D eigenvalue weighted by molar-refractivity contribution is 7.15. The van der Waals surface area contributed by atoms with Crippen molar-refractivity contribution in [1.82, 2.24) is 14.5 Å². The summed E-state index contributed by atoms with van der Waals surface area (Å²) in [6, 6.07) is 3.48. The molecule has 11 heteroatoms. The Morgan fingerprint density at radius 3 is 2.77 bits per heavy atom. The Kier molecular flexibility index (Phi) is 6.76. The number of H-pyrrole nitrogens is 1. The minimum Gasteiger partial charge on any atom is -0.462 e. The van der Waals surface area contributed by atoms with Crippen LogP contribution in [-0.4, -0.2) is 40.7 Å². The number of aromatic nitrogens is 3. The Morgan fingerprint density at radius 1 is 1.42 bits per heavy atom. The van der Waals surface area contributed by atoms with Crippen molar-refractivity contribution in [3.63, 3.8) is 0 Å². The molecule has 0 fully saturated rings. The number of rotatable bonds is 8. The highest BCUT2D eigenvalue weighted by Gasteiger charge is 2.28. The summed E-state index contributed by atoms with van der Waals surface area (Å²) in [6.07, 6.45) is 1.52. The van der Waals surface area contributed by atoms with Crippen LogP contribution >= 0.6 is 11.3 Å². The van der Waals surface area contributed by atoms with Crippen molar-refractivity contribution >= 4 is 28.7 Å². The van der Waals surface area contributed by atoms with Crippen LogP contribution in [0.3, 0.4) is 0 Å². The molecule has 166 valence electrons. The first-order valence-electron chi connectivity index (χ1n) is 9.69. The molecule has 1 amide bonds. The number of nitrogens with two attached hydrogens (primary N) is 1. The van der Waals surface area contributed by atoms with Crippen molar-refractivity contribution in [2.75, 3.05) is 30.9 Å². The lowest BCUT2D eigenvalue weighted by Gasteiger charge is -2.24. The summed E-state index contributed by atoms with van der Waals surface area (Å²) in [5, 5.41) is 0.546. The summed E-state index contributed by atoms with van der Waals surface area (Å²) < 4.78 is 11.8. The first-order valence-corrected chi connectivity index (χ1v) is 10.5. The zero-order valence-electron chi connectivity index (χ0n) is 17.8. The van der Waals surface area contributed by atoms with Gasteiger partial charge in [0.25, 0.3) is 11.5 Å². The topological polar surface area (TPSA) is 136 Å². The van der Waals surface area contributed by atoms with Gasteiger partial charge in [-0.25, -0.2) is 9.78 Å². The van der Waals surface area contributed by atoms with E-state index in [9.17, 15) is 14.4 Å². The molecule has 0 aliphatic heterocycles. The van der Waals surface area contributed by atoms with Gasteiger partial charge in [0.2, 0.25) is 0 Å². The van der Waals surface area contributed by atoms with E-state index in [0.717, 1.165) is 0 Å². The monoisotopic (exact) mass is 447 g/mol. The summed E-state index contributed by atoms with van der Waals surface area (Å²) in [5.41, 5.74) is 4.92. The number of hydrogen-bond donors (Lipinski definition) is 2. The lowest BCUT2D eigenvalue weighted by molar-refractivity contribution is 0.0971. The van der Waals surface area contributed by atoms with Crippen molar-refractivity contribution in [2.24, 2.45) is 5.92 Å². The molecule has 0 aromatic carbocycles. The highest BCUT2D eigenvalue weighted by Crippen LogP contribution is 2.29. The van der Waals surface area contributed by atoms with E-state index in [1.165, 1.54) is 34.2 Å². The van der Waals surface area contributed by atoms with Gasteiger partial charge in [0.05, 0.1) is 12.9 Å². The zero-order chi connectivity index (χ0) is 22.7. The quantitative estimate of drug-likeness (QED) is 0.539. The summed E-state index contributed by atoms with van der Waals surface area (Å²) in [6.45, 7) is 6.09. The van der Waals surface area contributed by atoms with E-state index >= 15 is 0 Å². The van der Waals surface area contributed by atoms with Gasteiger partial charge < -0.3 is 14.9 Å². The number of hydrogen-bond acceptors (Lipinski definition) is 8. The predicted octanol–water partition coefficient (Wildman–Crippen LogP) is 2.09. The van der Waals surface area contributed by atoms with E-state index in [1.807, 2.05) is 13.8 Å². The fourth-order valence-electron chi connectivity index (χ4n) is 3.11. The number of methoxy groups -OCH3 is 1. The third kappa shape index (κ3) is 4.62. The van der Waals surface area contributed by atoms with Gasteiger partial charge in [-0.15, -0.1) is 11.3 Å². The molecular weight excluding hydrogens is 422 g/mol. The summed E-state index contributed by atoms with van der Waals surface area (Å²) in [4.78, 5) is 47.0. The van der Waals surface area contributed by atoms with Crippen LogP contribution < -0.4 is 21.9 Å². The van der Waals surface area contributed by atoms with Crippen molar-refractivity contribution in [1.29, 1.82) is 0 Å². The van der Waals surface area contributed by atoms with Gasteiger partial charge in [-0.2, -0.15) is 0 Å². The van der Waals surface area contributed by atoms with Gasteiger partial charge in [0, 0.05) is 25.1 Å². The Labute approximate surface area is 182 Å². The standard InChI is InChI=1S/C20H25N5O5S/c1-11(2)10-25-16(21)15(17(26)23-20(25)28)24(7-9-29-4)19(27)14-12(3)31-18(22-14)13-6-5-8-30-13/h5-6,8,11H,7,9-10,21H2,1-4H3,(H,23,26,28). The normalized spacial score (nSPS) is 11.3. The molecule has 3 N–H and O–H groups in total. The second-order valence-corrected chi connectivity index (χ2v) is 8.55. The SMILES string of the molecule is COCCN(C(=O)c1nc(-c2ccco2)sc1C)c1c(N)n(CC(C)C)c(=O)[nH]c1=O. The number of ether oxygens (including phenoxy) is 1. The predicted molar refractivity (Wildman–Crippen MR) is 119 cm³/mol. The lowest BCUT2D eigenvalue weighted by Crippen LogP contribution is -2.43. The van der Waals surface area contributed by atoms with Gasteiger partial charge in [-0.1, -0.05) is 13.8 Å². The average molecular weight is 448 g/mol. The van der Waals surface area contributed by atoms with Crippen LogP contribution in [0.5, 0.6) is 0 Å². The fourth-order valence-corrected chi connectivity index (χ4v) is 3.98. The number of carbonyl (C=O) groups is 1. The van der Waals surface area contributed by atoms with Gasteiger partial charge in [-0.3, -0.25) is 24.0 Å². The third-order valence-electron chi connectivity index (χ3n) is 4.53. The molecule has 0 atom stereocenters. The number of anilines is 2. The van der Waals surface area contributed by atoms with Crippen LogP contribution in [-0.2, 0) is 11.3 Å². The second-order valence-electron chi connectivity index (χ2n) is 7.35. The molecule has 0 aliphatic rings. The van der Waals surface area contributed by atoms with E-state index in [4.69, 9.17) is 14.9 Å². The van der Waals surface area contributed by atoms with Gasteiger partial charge >= 0.3 is 5.69 Å². The van der Waals surface area contributed by atoms with E-state index in [2.05, 4.69) is 9.97 Å². The summed E-state index contributed by atoms with van der Waals surface area (Å²) in [5.74, 6) is 0.0403. The van der Waals surface area contributed by atoms with E-state index in [-0.39, 0.29) is 36.3 Å². The molecular formula is C20H25N5O5S. The molecule has 31 heavy (non-hydrogen) atoms. The Balaban J connectivity index is 2.10.